The number of hydrogen-bond donors (Lipinski definition) is 2. The van der Waals surface area contributed by atoms with Gasteiger partial charge in [-0.2, -0.15) is 0 Å². The third-order valence-corrected chi connectivity index (χ3v) is 6.25. The Kier molecular flexibility index (Phi) is 8.64. The van der Waals surface area contributed by atoms with Crippen molar-refractivity contribution in [1.29, 1.82) is 0 Å². The van der Waals surface area contributed by atoms with Crippen LogP contribution in [0.5, 0.6) is 5.75 Å². The summed E-state index contributed by atoms with van der Waals surface area (Å²) in [6, 6.07) is 24.2. The van der Waals surface area contributed by atoms with E-state index in [2.05, 4.69) is 30.3 Å². The van der Waals surface area contributed by atoms with Gasteiger partial charge in [-0.05, 0) is 67.6 Å². The van der Waals surface area contributed by atoms with E-state index in [0.29, 0.717) is 6.61 Å². The molecule has 3 rings (SSSR count). The van der Waals surface area contributed by atoms with E-state index in [9.17, 15) is 5.11 Å². The number of nitrogens with two attached hydrogens (primary N) is 1. The fourth-order valence-electron chi connectivity index (χ4n) is 3.07. The first-order chi connectivity index (χ1) is 14.5. The molecule has 158 valence electrons. The summed E-state index contributed by atoms with van der Waals surface area (Å²) < 4.78 is 5.93. The lowest BCUT2D eigenvalue weighted by Crippen LogP contribution is -2.32. The smallest absolute Gasteiger partial charge is 0.120 e. The molecule has 0 heterocycles. The Morgan fingerprint density at radius 2 is 1.77 bits per heavy atom. The highest BCUT2D eigenvalue weighted by molar-refractivity contribution is 7.99. The van der Waals surface area contributed by atoms with Crippen molar-refractivity contribution in [2.75, 3.05) is 0 Å². The highest BCUT2D eigenvalue weighted by Crippen LogP contribution is 2.33. The average molecular weight is 442 g/mol. The lowest BCUT2D eigenvalue weighted by Gasteiger charge is -2.14. The van der Waals surface area contributed by atoms with Gasteiger partial charge in [-0.3, -0.25) is 0 Å². The minimum Gasteiger partial charge on any atom is -0.489 e. The molecule has 0 saturated heterocycles. The van der Waals surface area contributed by atoms with Gasteiger partial charge in [0.05, 0.1) is 6.10 Å². The molecule has 3 aromatic carbocycles. The zero-order valence-corrected chi connectivity index (χ0v) is 18.7. The molecule has 5 heteroatoms. The van der Waals surface area contributed by atoms with Gasteiger partial charge < -0.3 is 15.6 Å². The molecule has 2 atom stereocenters. The fraction of sp³-hybridized carbons (Fsp3) is 0.280. The summed E-state index contributed by atoms with van der Waals surface area (Å²) in [5.74, 6) is 0.848. The van der Waals surface area contributed by atoms with Crippen LogP contribution < -0.4 is 10.5 Å². The van der Waals surface area contributed by atoms with Crippen LogP contribution in [0.15, 0.2) is 82.6 Å². The van der Waals surface area contributed by atoms with Crippen molar-refractivity contribution in [2.45, 2.75) is 54.7 Å². The topological polar surface area (TPSA) is 55.5 Å². The second-order valence-electron chi connectivity index (χ2n) is 7.40. The van der Waals surface area contributed by atoms with Gasteiger partial charge in [0.2, 0.25) is 0 Å². The predicted molar refractivity (Wildman–Crippen MR) is 125 cm³/mol. The van der Waals surface area contributed by atoms with E-state index in [1.165, 1.54) is 0 Å². The molecule has 3 N–H and O–H groups in total. The van der Waals surface area contributed by atoms with Crippen LogP contribution in [0.1, 0.15) is 30.9 Å². The Hall–Kier alpha value is -1.98. The molecule has 0 radical (unpaired) electrons. The molecular formula is C25H28ClNO2S. The average Bonchev–Trinajstić information content (AvgIpc) is 2.74. The number of aliphatic hydroxyl groups is 1. The summed E-state index contributed by atoms with van der Waals surface area (Å²) in [7, 11) is 0. The first-order valence-electron chi connectivity index (χ1n) is 10.2. The van der Waals surface area contributed by atoms with Crippen LogP contribution in [0.25, 0.3) is 0 Å². The minimum absolute atomic E-state index is 0.185. The fourth-order valence-corrected chi connectivity index (χ4v) is 4.31. The highest BCUT2D eigenvalue weighted by atomic mass is 35.5. The van der Waals surface area contributed by atoms with Gasteiger partial charge >= 0.3 is 0 Å². The van der Waals surface area contributed by atoms with E-state index in [1.807, 2.05) is 42.5 Å². The van der Waals surface area contributed by atoms with Crippen molar-refractivity contribution in [2.24, 2.45) is 5.73 Å². The Balaban J connectivity index is 1.56. The zero-order chi connectivity index (χ0) is 21.3. The standard InChI is InChI=1S/C25H28ClNO2S/c1-18(28)25(27)12-5-9-20-13-14-23(16-24(20)26)30-22-11-6-10-21(15-22)29-17-19-7-3-2-4-8-19/h2-4,6-8,10-11,13-16,18,25,28H,5,9,12,17,27H2,1H3. The molecule has 3 aromatic rings. The SMILES string of the molecule is CC(O)C(N)CCCc1ccc(Sc2cccc(OCc3ccccc3)c2)cc1Cl. The number of halogens is 1. The largest absolute Gasteiger partial charge is 0.489 e. The zero-order valence-electron chi connectivity index (χ0n) is 17.1. The molecule has 0 aliphatic rings. The maximum absolute atomic E-state index is 9.50. The van der Waals surface area contributed by atoms with E-state index < -0.39 is 6.10 Å². The lowest BCUT2D eigenvalue weighted by atomic mass is 10.0. The van der Waals surface area contributed by atoms with Crippen molar-refractivity contribution in [1.82, 2.24) is 0 Å². The second-order valence-corrected chi connectivity index (χ2v) is 8.96. The molecule has 0 amide bonds. The Bertz CT molecular complexity index is 933. The third kappa shape index (κ3) is 7.06. The van der Waals surface area contributed by atoms with Crippen molar-refractivity contribution in [3.8, 4) is 5.75 Å². The Morgan fingerprint density at radius 1 is 1.00 bits per heavy atom. The quantitative estimate of drug-likeness (QED) is 0.399. The summed E-state index contributed by atoms with van der Waals surface area (Å²) >= 11 is 8.17. The number of aryl methyl sites for hydroxylation is 1. The maximum Gasteiger partial charge on any atom is 0.120 e. The molecule has 0 fully saturated rings. The van der Waals surface area contributed by atoms with E-state index >= 15 is 0 Å². The number of benzene rings is 3. The van der Waals surface area contributed by atoms with Gasteiger partial charge in [0.25, 0.3) is 0 Å². The van der Waals surface area contributed by atoms with Crippen LogP contribution in [0.4, 0.5) is 0 Å². The van der Waals surface area contributed by atoms with Crippen molar-refractivity contribution in [3.05, 3.63) is 88.9 Å². The summed E-state index contributed by atoms with van der Waals surface area (Å²) in [6.07, 6.45) is 2.05. The first-order valence-corrected chi connectivity index (χ1v) is 11.4. The lowest BCUT2D eigenvalue weighted by molar-refractivity contribution is 0.158. The summed E-state index contributed by atoms with van der Waals surface area (Å²) in [4.78, 5) is 2.19. The molecular weight excluding hydrogens is 414 g/mol. The van der Waals surface area contributed by atoms with E-state index in [1.54, 1.807) is 18.7 Å². The Labute approximate surface area is 188 Å². The van der Waals surface area contributed by atoms with E-state index in [0.717, 1.165) is 51.0 Å². The molecule has 0 spiro atoms. The predicted octanol–water partition coefficient (Wildman–Crippen LogP) is 6.10. The third-order valence-electron chi connectivity index (χ3n) is 4.92. The highest BCUT2D eigenvalue weighted by Gasteiger charge is 2.10. The van der Waals surface area contributed by atoms with Crippen LogP contribution in [0.2, 0.25) is 5.02 Å². The maximum atomic E-state index is 9.50. The number of hydrogen-bond acceptors (Lipinski definition) is 4. The minimum atomic E-state index is -0.480. The normalized spacial score (nSPS) is 13.1. The van der Waals surface area contributed by atoms with Crippen molar-refractivity contribution >= 4 is 23.4 Å². The molecule has 3 nitrogen and oxygen atoms in total. The van der Waals surface area contributed by atoms with Gasteiger partial charge in [0.1, 0.15) is 12.4 Å². The van der Waals surface area contributed by atoms with Crippen LogP contribution in [-0.4, -0.2) is 17.3 Å². The van der Waals surface area contributed by atoms with E-state index in [-0.39, 0.29) is 6.04 Å². The van der Waals surface area contributed by atoms with Gasteiger partial charge in [-0.1, -0.05) is 65.8 Å². The molecule has 2 unspecified atom stereocenters. The summed E-state index contributed by atoms with van der Waals surface area (Å²) in [5.41, 5.74) is 8.15. The van der Waals surface area contributed by atoms with Crippen molar-refractivity contribution in [3.63, 3.8) is 0 Å². The molecule has 30 heavy (non-hydrogen) atoms. The second kappa shape index (κ2) is 11.4. The van der Waals surface area contributed by atoms with Gasteiger partial charge in [-0.25, -0.2) is 0 Å². The van der Waals surface area contributed by atoms with E-state index in [4.69, 9.17) is 22.1 Å². The summed E-state index contributed by atoms with van der Waals surface area (Å²) in [6.45, 7) is 2.28. The number of aliphatic hydroxyl groups excluding tert-OH is 1. The Morgan fingerprint density at radius 3 is 2.50 bits per heavy atom. The van der Waals surface area contributed by atoms with Gasteiger partial charge in [0.15, 0.2) is 0 Å². The first kappa shape index (κ1) is 22.7. The molecule has 0 saturated carbocycles. The monoisotopic (exact) mass is 441 g/mol. The van der Waals surface area contributed by atoms with Crippen molar-refractivity contribution < 1.29 is 9.84 Å². The van der Waals surface area contributed by atoms with Crippen LogP contribution >= 0.6 is 23.4 Å². The number of rotatable bonds is 10. The summed E-state index contributed by atoms with van der Waals surface area (Å²) in [5, 5.41) is 10.3. The van der Waals surface area contributed by atoms with Gasteiger partial charge in [-0.15, -0.1) is 0 Å². The van der Waals surface area contributed by atoms with Gasteiger partial charge in [0, 0.05) is 20.9 Å². The molecule has 0 aliphatic heterocycles. The molecule has 0 aliphatic carbocycles. The molecule has 0 aromatic heterocycles. The number of ether oxygens (including phenoxy) is 1. The van der Waals surface area contributed by atoms with Crippen LogP contribution in [-0.2, 0) is 13.0 Å². The van der Waals surface area contributed by atoms with Crippen LogP contribution in [0.3, 0.4) is 0 Å². The van der Waals surface area contributed by atoms with Crippen LogP contribution in [0, 0.1) is 0 Å². The molecule has 0 bridgehead atoms.